The van der Waals surface area contributed by atoms with Crippen LogP contribution in [0, 0.1) is 13.8 Å². The van der Waals surface area contributed by atoms with Gasteiger partial charge in [0.25, 0.3) is 5.91 Å². The molecular weight excluding hydrogens is 394 g/mol. The van der Waals surface area contributed by atoms with Gasteiger partial charge >= 0.3 is 0 Å². The average molecular weight is 427 g/mol. The molecule has 1 fully saturated rings. The van der Waals surface area contributed by atoms with Crippen molar-refractivity contribution in [1.29, 1.82) is 0 Å². The van der Waals surface area contributed by atoms with Crippen LogP contribution in [-0.2, 0) is 9.59 Å². The van der Waals surface area contributed by atoms with Crippen LogP contribution in [0.4, 0.5) is 5.69 Å². The molecule has 0 aliphatic carbocycles. The molecule has 1 saturated heterocycles. The first-order valence-corrected chi connectivity index (χ1v) is 10.6. The molecule has 7 heteroatoms. The summed E-state index contributed by atoms with van der Waals surface area (Å²) in [6.07, 6.45) is 2.02. The summed E-state index contributed by atoms with van der Waals surface area (Å²) in [6, 6.07) is 11.8. The lowest BCUT2D eigenvalue weighted by molar-refractivity contribution is -0.910. The first-order valence-electron chi connectivity index (χ1n) is 10.6. The number of anilines is 1. The molecule has 2 amide bonds. The Kier molecular flexibility index (Phi) is 7.52. The number of nitrogens with one attached hydrogen (secondary N) is 3. The van der Waals surface area contributed by atoms with Crippen molar-refractivity contribution in [2.75, 3.05) is 39.2 Å². The lowest BCUT2D eigenvalue weighted by Crippen LogP contribution is -3.11. The molecule has 166 valence electrons. The quantitative estimate of drug-likeness (QED) is 0.601. The molecule has 7 nitrogen and oxygen atoms in total. The predicted octanol–water partition coefficient (Wildman–Crippen LogP) is 1.80. The molecule has 1 aliphatic heterocycles. The summed E-state index contributed by atoms with van der Waals surface area (Å²) in [4.78, 5) is 26.0. The first kappa shape index (κ1) is 22.6. The molecular formula is C24H32N3O4+. The lowest BCUT2D eigenvalue weighted by Gasteiger charge is -2.23. The zero-order valence-corrected chi connectivity index (χ0v) is 18.7. The number of likely N-dealkylation sites (tertiary alicyclic amines) is 1. The number of amides is 2. The van der Waals surface area contributed by atoms with Crippen LogP contribution in [0.3, 0.4) is 0 Å². The SMILES string of the molecule is COc1ccc([C@@H]2CCC[NH+]2CC(=O)NCC(=O)Nc2cccc(C)c2C)c(OC)c1. The highest BCUT2D eigenvalue weighted by Gasteiger charge is 2.33. The van der Waals surface area contributed by atoms with Gasteiger partial charge in [-0.05, 0) is 43.2 Å². The Morgan fingerprint density at radius 1 is 1.10 bits per heavy atom. The predicted molar refractivity (Wildman–Crippen MR) is 120 cm³/mol. The Balaban J connectivity index is 1.56. The maximum atomic E-state index is 12.5. The van der Waals surface area contributed by atoms with Gasteiger partial charge in [-0.25, -0.2) is 0 Å². The molecule has 0 aromatic heterocycles. The van der Waals surface area contributed by atoms with Gasteiger partial charge in [-0.1, -0.05) is 12.1 Å². The van der Waals surface area contributed by atoms with Crippen molar-refractivity contribution >= 4 is 17.5 Å². The van der Waals surface area contributed by atoms with Gasteiger partial charge in [0, 0.05) is 24.6 Å². The van der Waals surface area contributed by atoms with Crippen LogP contribution < -0.4 is 25.0 Å². The van der Waals surface area contributed by atoms with Gasteiger partial charge in [0.05, 0.1) is 32.9 Å². The van der Waals surface area contributed by atoms with Crippen LogP contribution >= 0.6 is 0 Å². The third-order valence-electron chi connectivity index (χ3n) is 6.01. The summed E-state index contributed by atoms with van der Waals surface area (Å²) < 4.78 is 10.8. The summed E-state index contributed by atoms with van der Waals surface area (Å²) in [5.74, 6) is 1.15. The van der Waals surface area contributed by atoms with Crippen LogP contribution in [0.1, 0.15) is 35.6 Å². The number of hydrogen-bond donors (Lipinski definition) is 3. The molecule has 2 aromatic carbocycles. The monoisotopic (exact) mass is 426 g/mol. The van der Waals surface area contributed by atoms with Gasteiger partial charge in [0.2, 0.25) is 5.91 Å². The van der Waals surface area contributed by atoms with Crippen LogP contribution in [0.2, 0.25) is 0 Å². The van der Waals surface area contributed by atoms with E-state index < -0.39 is 0 Å². The highest BCUT2D eigenvalue weighted by molar-refractivity contribution is 5.95. The molecule has 1 heterocycles. The second kappa shape index (κ2) is 10.3. The Morgan fingerprint density at radius 3 is 2.65 bits per heavy atom. The van der Waals surface area contributed by atoms with Crippen LogP contribution in [-0.4, -0.2) is 45.7 Å². The van der Waals surface area contributed by atoms with Gasteiger partial charge in [-0.3, -0.25) is 9.59 Å². The standard InChI is InChI=1S/C24H31N3O4/c1-16-7-5-8-20(17(16)2)26-23(28)14-25-24(29)15-27-12-6-9-21(27)19-11-10-18(30-3)13-22(19)31-4/h5,7-8,10-11,13,21H,6,9,12,14-15H2,1-4H3,(H,25,29)(H,26,28)/p+1/t21-/m0/s1. The third-order valence-corrected chi connectivity index (χ3v) is 6.01. The summed E-state index contributed by atoms with van der Waals surface area (Å²) in [6.45, 7) is 5.14. The second-order valence-electron chi connectivity index (χ2n) is 7.96. The van der Waals surface area contributed by atoms with Crippen molar-refractivity contribution in [3.63, 3.8) is 0 Å². The molecule has 31 heavy (non-hydrogen) atoms. The summed E-state index contributed by atoms with van der Waals surface area (Å²) >= 11 is 0. The maximum absolute atomic E-state index is 12.5. The zero-order chi connectivity index (χ0) is 22.4. The van der Waals surface area contributed by atoms with Crippen LogP contribution in [0.15, 0.2) is 36.4 Å². The van der Waals surface area contributed by atoms with Crippen molar-refractivity contribution in [2.24, 2.45) is 0 Å². The van der Waals surface area contributed by atoms with E-state index in [4.69, 9.17) is 9.47 Å². The molecule has 0 saturated carbocycles. The van der Waals surface area contributed by atoms with Crippen molar-refractivity contribution < 1.29 is 24.0 Å². The Bertz CT molecular complexity index is 944. The van der Waals surface area contributed by atoms with E-state index in [2.05, 4.69) is 10.6 Å². The Morgan fingerprint density at radius 2 is 1.90 bits per heavy atom. The van der Waals surface area contributed by atoms with E-state index in [9.17, 15) is 9.59 Å². The van der Waals surface area contributed by atoms with Gasteiger partial charge in [-0.15, -0.1) is 0 Å². The zero-order valence-electron chi connectivity index (χ0n) is 18.7. The van der Waals surface area contributed by atoms with Crippen molar-refractivity contribution in [2.45, 2.75) is 32.7 Å². The van der Waals surface area contributed by atoms with Crippen molar-refractivity contribution in [3.8, 4) is 11.5 Å². The molecule has 0 radical (unpaired) electrons. The van der Waals surface area contributed by atoms with Crippen LogP contribution in [0.5, 0.6) is 11.5 Å². The third kappa shape index (κ3) is 5.55. The molecule has 3 rings (SSSR count). The molecule has 2 atom stereocenters. The molecule has 0 bridgehead atoms. The fourth-order valence-corrected chi connectivity index (χ4v) is 4.13. The van der Waals surface area contributed by atoms with E-state index in [1.165, 1.54) is 4.90 Å². The number of methoxy groups -OCH3 is 2. The Labute approximate surface area is 183 Å². The van der Waals surface area contributed by atoms with E-state index >= 15 is 0 Å². The van der Waals surface area contributed by atoms with E-state index in [1.54, 1.807) is 14.2 Å². The number of aryl methyl sites for hydroxylation is 1. The molecule has 2 aromatic rings. The van der Waals surface area contributed by atoms with Gasteiger partial charge < -0.3 is 25.0 Å². The smallest absolute Gasteiger partial charge is 0.275 e. The largest absolute Gasteiger partial charge is 0.497 e. The number of rotatable bonds is 8. The number of carbonyl (C=O) groups excluding carboxylic acids is 2. The van der Waals surface area contributed by atoms with Gasteiger partial charge in [0.15, 0.2) is 6.54 Å². The summed E-state index contributed by atoms with van der Waals surface area (Å²) in [5.41, 5.74) is 3.99. The number of quaternary nitrogens is 1. The topological polar surface area (TPSA) is 81.1 Å². The lowest BCUT2D eigenvalue weighted by atomic mass is 10.0. The van der Waals surface area contributed by atoms with Crippen LogP contribution in [0.25, 0.3) is 0 Å². The number of hydrogen-bond acceptors (Lipinski definition) is 4. The number of benzene rings is 2. The first-order chi connectivity index (χ1) is 14.9. The normalized spacial score (nSPS) is 17.8. The fourth-order valence-electron chi connectivity index (χ4n) is 4.13. The van der Waals surface area contributed by atoms with E-state index in [1.807, 2.05) is 50.2 Å². The van der Waals surface area contributed by atoms with E-state index in [-0.39, 0.29) is 24.4 Å². The molecule has 0 spiro atoms. The van der Waals surface area contributed by atoms with Gasteiger partial charge in [0.1, 0.15) is 17.5 Å². The van der Waals surface area contributed by atoms with E-state index in [0.717, 1.165) is 53.3 Å². The van der Waals surface area contributed by atoms with Gasteiger partial charge in [-0.2, -0.15) is 0 Å². The minimum atomic E-state index is -0.230. The average Bonchev–Trinajstić information content (AvgIpc) is 3.22. The summed E-state index contributed by atoms with van der Waals surface area (Å²) in [7, 11) is 3.27. The minimum absolute atomic E-state index is 0.0456. The molecule has 1 aliphatic rings. The fraction of sp³-hybridized carbons (Fsp3) is 0.417. The Hall–Kier alpha value is -3.06. The second-order valence-corrected chi connectivity index (χ2v) is 7.96. The molecule has 1 unspecified atom stereocenters. The number of carbonyl (C=O) groups is 2. The minimum Gasteiger partial charge on any atom is -0.497 e. The van der Waals surface area contributed by atoms with Crippen molar-refractivity contribution in [1.82, 2.24) is 5.32 Å². The maximum Gasteiger partial charge on any atom is 0.275 e. The number of ether oxygens (including phenoxy) is 2. The summed E-state index contributed by atoms with van der Waals surface area (Å²) in [5, 5.41) is 5.63. The molecule has 3 N–H and O–H groups in total. The van der Waals surface area contributed by atoms with Crippen molar-refractivity contribution in [3.05, 3.63) is 53.1 Å². The highest BCUT2D eigenvalue weighted by atomic mass is 16.5. The van der Waals surface area contributed by atoms with E-state index in [0.29, 0.717) is 6.54 Å². The highest BCUT2D eigenvalue weighted by Crippen LogP contribution is 2.31.